The van der Waals surface area contributed by atoms with Gasteiger partial charge in [0.15, 0.2) is 23.9 Å². The number of fused-ring (bicyclic) bond motifs is 1. The van der Waals surface area contributed by atoms with Crippen molar-refractivity contribution in [2.75, 3.05) is 19.8 Å². The lowest BCUT2D eigenvalue weighted by atomic mass is 10.0. The number of hydrogen-bond donors (Lipinski definition) is 0. The van der Waals surface area contributed by atoms with Gasteiger partial charge in [0, 0.05) is 5.56 Å². The summed E-state index contributed by atoms with van der Waals surface area (Å²) in [6, 6.07) is 10.8. The Morgan fingerprint density at radius 3 is 2.48 bits per heavy atom. The number of benzene rings is 2. The van der Waals surface area contributed by atoms with Gasteiger partial charge in [0.05, 0.1) is 6.42 Å². The lowest BCUT2D eigenvalue weighted by Gasteiger charge is -2.18. The highest BCUT2D eigenvalue weighted by Crippen LogP contribution is 2.30. The van der Waals surface area contributed by atoms with Crippen LogP contribution in [0.3, 0.4) is 0 Å². The van der Waals surface area contributed by atoms with Gasteiger partial charge in [-0.25, -0.2) is 0 Å². The van der Waals surface area contributed by atoms with E-state index in [-0.39, 0.29) is 18.8 Å². The predicted molar refractivity (Wildman–Crippen MR) is 92.3 cm³/mol. The molecule has 0 N–H and O–H groups in total. The molecule has 130 valence electrons. The van der Waals surface area contributed by atoms with Crippen LogP contribution in [0, 0.1) is 13.8 Å². The van der Waals surface area contributed by atoms with E-state index >= 15 is 0 Å². The molecular formula is C20H20O5. The Morgan fingerprint density at radius 1 is 0.960 bits per heavy atom. The van der Waals surface area contributed by atoms with Gasteiger partial charge in [0.1, 0.15) is 13.2 Å². The van der Waals surface area contributed by atoms with Crippen LogP contribution in [0.5, 0.6) is 11.5 Å². The molecule has 25 heavy (non-hydrogen) atoms. The molecule has 0 saturated carbocycles. The summed E-state index contributed by atoms with van der Waals surface area (Å²) in [5.41, 5.74) is 3.46. The van der Waals surface area contributed by atoms with E-state index in [2.05, 4.69) is 0 Å². The predicted octanol–water partition coefficient (Wildman–Crippen LogP) is 3.04. The van der Waals surface area contributed by atoms with Gasteiger partial charge in [-0.15, -0.1) is 0 Å². The second-order valence-electron chi connectivity index (χ2n) is 6.04. The van der Waals surface area contributed by atoms with E-state index < -0.39 is 5.97 Å². The van der Waals surface area contributed by atoms with Crippen molar-refractivity contribution >= 4 is 11.8 Å². The largest absolute Gasteiger partial charge is 0.486 e. The van der Waals surface area contributed by atoms with Crippen molar-refractivity contribution in [1.82, 2.24) is 0 Å². The second kappa shape index (κ2) is 7.38. The highest BCUT2D eigenvalue weighted by Gasteiger charge is 2.15. The summed E-state index contributed by atoms with van der Waals surface area (Å²) in [5.74, 6) is 0.642. The zero-order valence-electron chi connectivity index (χ0n) is 14.3. The monoisotopic (exact) mass is 340 g/mol. The average Bonchev–Trinajstić information content (AvgIpc) is 2.62. The lowest BCUT2D eigenvalue weighted by Crippen LogP contribution is -2.17. The summed E-state index contributed by atoms with van der Waals surface area (Å²) < 4.78 is 16.1. The summed E-state index contributed by atoms with van der Waals surface area (Å²) >= 11 is 0. The Balaban J connectivity index is 1.55. The van der Waals surface area contributed by atoms with Gasteiger partial charge in [-0.05, 0) is 48.7 Å². The van der Waals surface area contributed by atoms with Crippen LogP contribution in [0.25, 0.3) is 0 Å². The molecule has 2 aromatic carbocycles. The van der Waals surface area contributed by atoms with Crippen LogP contribution in [0.4, 0.5) is 0 Å². The van der Waals surface area contributed by atoms with Crippen LogP contribution in [0.1, 0.15) is 27.0 Å². The number of carbonyl (C=O) groups is 2. The van der Waals surface area contributed by atoms with Gasteiger partial charge in [0.25, 0.3) is 0 Å². The standard InChI is InChI=1S/C20H20O5/c1-13-3-5-16(9-14(13)2)17(21)12-25-20(22)11-15-4-6-18-19(10-15)24-8-7-23-18/h3-6,9-10H,7-8,11-12H2,1-2H3. The molecule has 0 unspecified atom stereocenters. The summed E-state index contributed by atoms with van der Waals surface area (Å²) in [7, 11) is 0. The summed E-state index contributed by atoms with van der Waals surface area (Å²) in [6.07, 6.45) is 0.0802. The van der Waals surface area contributed by atoms with Crippen LogP contribution < -0.4 is 9.47 Å². The third-order valence-electron chi connectivity index (χ3n) is 4.15. The van der Waals surface area contributed by atoms with Crippen molar-refractivity contribution in [2.45, 2.75) is 20.3 Å². The first kappa shape index (κ1) is 17.0. The Bertz CT molecular complexity index is 810. The van der Waals surface area contributed by atoms with Crippen LogP contribution in [-0.4, -0.2) is 31.6 Å². The molecule has 0 radical (unpaired) electrons. The molecule has 0 spiro atoms. The SMILES string of the molecule is Cc1ccc(C(=O)COC(=O)Cc2ccc3c(c2)OCCO3)cc1C. The number of hydrogen-bond acceptors (Lipinski definition) is 5. The van der Waals surface area contributed by atoms with E-state index in [1.807, 2.05) is 26.0 Å². The van der Waals surface area contributed by atoms with E-state index in [9.17, 15) is 9.59 Å². The average molecular weight is 340 g/mol. The minimum absolute atomic E-state index is 0.0802. The Kier molecular flexibility index (Phi) is 5.03. The Labute approximate surface area is 146 Å². The molecule has 0 fully saturated rings. The van der Waals surface area contributed by atoms with Gasteiger partial charge >= 0.3 is 5.97 Å². The minimum Gasteiger partial charge on any atom is -0.486 e. The summed E-state index contributed by atoms with van der Waals surface area (Å²) in [4.78, 5) is 24.1. The fraction of sp³-hybridized carbons (Fsp3) is 0.300. The maximum Gasteiger partial charge on any atom is 0.310 e. The van der Waals surface area contributed by atoms with E-state index in [1.54, 1.807) is 24.3 Å². The molecule has 1 heterocycles. The lowest BCUT2D eigenvalue weighted by molar-refractivity contribution is -0.141. The quantitative estimate of drug-likeness (QED) is 0.618. The number of carbonyl (C=O) groups excluding carboxylic acids is 2. The first-order valence-electron chi connectivity index (χ1n) is 8.17. The normalized spacial score (nSPS) is 12.6. The maximum atomic E-state index is 12.1. The van der Waals surface area contributed by atoms with Gasteiger partial charge in [-0.3, -0.25) is 9.59 Å². The highest BCUT2D eigenvalue weighted by molar-refractivity contribution is 5.98. The Morgan fingerprint density at radius 2 is 1.72 bits per heavy atom. The van der Waals surface area contributed by atoms with Crippen molar-refractivity contribution < 1.29 is 23.8 Å². The first-order chi connectivity index (χ1) is 12.0. The third-order valence-corrected chi connectivity index (χ3v) is 4.15. The van der Waals surface area contributed by atoms with Crippen LogP contribution in [0.2, 0.25) is 0 Å². The van der Waals surface area contributed by atoms with Gasteiger partial charge < -0.3 is 14.2 Å². The van der Waals surface area contributed by atoms with Crippen molar-refractivity contribution in [1.29, 1.82) is 0 Å². The molecule has 1 aliphatic heterocycles. The molecule has 0 amide bonds. The number of esters is 1. The second-order valence-corrected chi connectivity index (χ2v) is 6.04. The van der Waals surface area contributed by atoms with Gasteiger partial charge in [-0.2, -0.15) is 0 Å². The molecule has 2 aromatic rings. The third kappa shape index (κ3) is 4.18. The minimum atomic E-state index is -0.450. The molecule has 0 saturated heterocycles. The van der Waals surface area contributed by atoms with Crippen LogP contribution in [0.15, 0.2) is 36.4 Å². The number of ketones is 1. The highest BCUT2D eigenvalue weighted by atomic mass is 16.6. The summed E-state index contributed by atoms with van der Waals surface area (Å²) in [5, 5.41) is 0. The number of rotatable bonds is 5. The van der Waals surface area contributed by atoms with Crippen LogP contribution in [-0.2, 0) is 16.0 Å². The van der Waals surface area contributed by atoms with Crippen LogP contribution >= 0.6 is 0 Å². The molecule has 5 nitrogen and oxygen atoms in total. The number of ether oxygens (including phenoxy) is 3. The molecule has 0 atom stereocenters. The topological polar surface area (TPSA) is 61.8 Å². The Hall–Kier alpha value is -2.82. The molecule has 0 aliphatic carbocycles. The van der Waals surface area contributed by atoms with Crippen molar-refractivity contribution in [3.05, 3.63) is 58.7 Å². The zero-order chi connectivity index (χ0) is 17.8. The zero-order valence-corrected chi connectivity index (χ0v) is 14.3. The summed E-state index contributed by atoms with van der Waals surface area (Å²) in [6.45, 7) is 4.68. The van der Waals surface area contributed by atoms with E-state index in [1.165, 1.54) is 0 Å². The van der Waals surface area contributed by atoms with Gasteiger partial charge in [-0.1, -0.05) is 18.2 Å². The number of Topliss-reactive ketones (excluding diaryl/α,β-unsaturated/α-hetero) is 1. The fourth-order valence-corrected chi connectivity index (χ4v) is 2.56. The molecular weight excluding hydrogens is 320 g/mol. The van der Waals surface area contributed by atoms with Crippen molar-refractivity contribution in [2.24, 2.45) is 0 Å². The van der Waals surface area contributed by atoms with E-state index in [0.29, 0.717) is 30.3 Å². The maximum absolute atomic E-state index is 12.1. The number of aryl methyl sites for hydroxylation is 2. The smallest absolute Gasteiger partial charge is 0.310 e. The molecule has 3 rings (SSSR count). The van der Waals surface area contributed by atoms with E-state index in [4.69, 9.17) is 14.2 Å². The molecule has 5 heteroatoms. The van der Waals surface area contributed by atoms with Crippen molar-refractivity contribution in [3.63, 3.8) is 0 Å². The van der Waals surface area contributed by atoms with E-state index in [0.717, 1.165) is 16.7 Å². The van der Waals surface area contributed by atoms with Crippen molar-refractivity contribution in [3.8, 4) is 11.5 Å². The fourth-order valence-electron chi connectivity index (χ4n) is 2.56. The molecule has 1 aliphatic rings. The molecule has 0 bridgehead atoms. The molecule has 0 aromatic heterocycles. The van der Waals surface area contributed by atoms with Gasteiger partial charge in [0.2, 0.25) is 0 Å². The first-order valence-corrected chi connectivity index (χ1v) is 8.17.